The second kappa shape index (κ2) is 11.0. The van der Waals surface area contributed by atoms with Gasteiger partial charge in [-0.2, -0.15) is 20.1 Å². The molecule has 13 heteroatoms. The van der Waals surface area contributed by atoms with Gasteiger partial charge in [-0.3, -0.25) is 10.1 Å². The normalized spacial score (nSPS) is 10.7. The fourth-order valence-electron chi connectivity index (χ4n) is 2.93. The van der Waals surface area contributed by atoms with Gasteiger partial charge in [0.1, 0.15) is 11.5 Å². The van der Waals surface area contributed by atoms with Gasteiger partial charge in [0.15, 0.2) is 0 Å². The summed E-state index contributed by atoms with van der Waals surface area (Å²) in [4.78, 5) is 23.4. The van der Waals surface area contributed by atoms with E-state index in [4.69, 9.17) is 16.3 Å². The quantitative estimate of drug-likeness (QED) is 0.137. The average Bonchev–Trinajstić information content (AvgIpc) is 2.87. The van der Waals surface area contributed by atoms with E-state index in [-0.39, 0.29) is 29.3 Å². The maximum absolute atomic E-state index is 10.9. The first kappa shape index (κ1) is 24.2. The Kier molecular flexibility index (Phi) is 7.36. The van der Waals surface area contributed by atoms with Gasteiger partial charge in [-0.05, 0) is 54.6 Å². The van der Waals surface area contributed by atoms with Crippen molar-refractivity contribution < 1.29 is 14.8 Å². The predicted molar refractivity (Wildman–Crippen MR) is 137 cm³/mol. The van der Waals surface area contributed by atoms with Crippen LogP contribution in [0.15, 0.2) is 71.8 Å². The lowest BCUT2D eigenvalue weighted by Crippen LogP contribution is -2.07. The molecule has 1 aromatic heterocycles. The molecular formula is C23H19ClN8O4. The van der Waals surface area contributed by atoms with Crippen LogP contribution in [-0.4, -0.2) is 38.3 Å². The van der Waals surface area contributed by atoms with Crippen molar-refractivity contribution in [2.24, 2.45) is 5.10 Å². The van der Waals surface area contributed by atoms with Crippen molar-refractivity contribution in [1.82, 2.24) is 15.0 Å². The third-order valence-corrected chi connectivity index (χ3v) is 4.91. The molecule has 0 aliphatic heterocycles. The molecule has 0 atom stereocenters. The molecule has 4 aromatic rings. The lowest BCUT2D eigenvalue weighted by atomic mass is 10.2. The lowest BCUT2D eigenvalue weighted by Gasteiger charge is -2.10. The number of hydrazone groups is 1. The molecular weight excluding hydrogens is 488 g/mol. The largest absolute Gasteiger partial charge is 0.507 e. The standard InChI is InChI=1S/C23H19ClN8O4/c1-36-19-9-5-17(6-10-19)27-22-28-21(26-16-3-7-18(8-4-16)32(34)35)29-23(30-22)31-25-13-14-12-15(24)2-11-20(14)33/h2-13,33H,1H3,(H3,26,27,28,29,30,31). The number of benzene rings is 3. The van der Waals surface area contributed by atoms with Crippen LogP contribution in [-0.2, 0) is 0 Å². The second-order valence-electron chi connectivity index (χ2n) is 7.16. The molecule has 0 unspecified atom stereocenters. The SMILES string of the molecule is COc1ccc(Nc2nc(NN=Cc3cc(Cl)ccc3O)nc(Nc3ccc([N+](=O)[O-])cc3)n2)cc1. The number of nitrogens with zero attached hydrogens (tertiary/aromatic N) is 5. The predicted octanol–water partition coefficient (Wildman–Crippen LogP) is 5.08. The van der Waals surface area contributed by atoms with Crippen molar-refractivity contribution in [1.29, 1.82) is 0 Å². The van der Waals surface area contributed by atoms with Crippen LogP contribution in [0.4, 0.5) is 34.9 Å². The van der Waals surface area contributed by atoms with E-state index < -0.39 is 4.92 Å². The Hall–Kier alpha value is -4.97. The Bertz CT molecular complexity index is 1400. The van der Waals surface area contributed by atoms with Gasteiger partial charge in [0.05, 0.1) is 18.2 Å². The smallest absolute Gasteiger partial charge is 0.269 e. The highest BCUT2D eigenvalue weighted by atomic mass is 35.5. The molecule has 0 aliphatic carbocycles. The van der Waals surface area contributed by atoms with E-state index in [0.29, 0.717) is 27.7 Å². The van der Waals surface area contributed by atoms with Gasteiger partial charge in [-0.1, -0.05) is 11.6 Å². The summed E-state index contributed by atoms with van der Waals surface area (Å²) in [5.41, 5.74) is 4.27. The summed E-state index contributed by atoms with van der Waals surface area (Å²) >= 11 is 5.97. The van der Waals surface area contributed by atoms with Crippen molar-refractivity contribution in [2.45, 2.75) is 0 Å². The number of phenols is 1. The molecule has 12 nitrogen and oxygen atoms in total. The van der Waals surface area contributed by atoms with Gasteiger partial charge >= 0.3 is 0 Å². The molecule has 4 rings (SSSR count). The highest BCUT2D eigenvalue weighted by Crippen LogP contribution is 2.23. The van der Waals surface area contributed by atoms with Gasteiger partial charge in [0.25, 0.3) is 5.69 Å². The summed E-state index contributed by atoms with van der Waals surface area (Å²) in [6.45, 7) is 0. The molecule has 4 N–H and O–H groups in total. The van der Waals surface area contributed by atoms with Crippen LogP contribution >= 0.6 is 11.6 Å². The Balaban J connectivity index is 1.59. The molecule has 0 amide bonds. The van der Waals surface area contributed by atoms with Crippen LogP contribution in [0.1, 0.15) is 5.56 Å². The fourth-order valence-corrected chi connectivity index (χ4v) is 3.11. The number of methoxy groups -OCH3 is 1. The third-order valence-electron chi connectivity index (χ3n) is 4.67. The molecule has 3 aromatic carbocycles. The van der Waals surface area contributed by atoms with Gasteiger partial charge < -0.3 is 20.5 Å². The Morgan fingerprint density at radius 1 is 0.944 bits per heavy atom. The molecule has 0 radical (unpaired) electrons. The van der Waals surface area contributed by atoms with Gasteiger partial charge in [-0.25, -0.2) is 5.43 Å². The van der Waals surface area contributed by atoms with E-state index in [1.165, 1.54) is 36.5 Å². The van der Waals surface area contributed by atoms with Crippen LogP contribution < -0.4 is 20.8 Å². The molecule has 0 bridgehead atoms. The van der Waals surface area contributed by atoms with Gasteiger partial charge in [0, 0.05) is 34.1 Å². The Labute approximate surface area is 209 Å². The summed E-state index contributed by atoms with van der Waals surface area (Å²) in [5, 5.41) is 31.4. The fraction of sp³-hybridized carbons (Fsp3) is 0.0435. The zero-order valence-corrected chi connectivity index (χ0v) is 19.5. The molecule has 1 heterocycles. The molecule has 182 valence electrons. The maximum Gasteiger partial charge on any atom is 0.269 e. The number of nitro groups is 1. The maximum atomic E-state index is 10.9. The number of phenolic OH excluding ortho intramolecular Hbond substituents is 1. The number of nitrogens with one attached hydrogen (secondary N) is 3. The van der Waals surface area contributed by atoms with Crippen molar-refractivity contribution in [3.63, 3.8) is 0 Å². The molecule has 0 saturated carbocycles. The van der Waals surface area contributed by atoms with E-state index >= 15 is 0 Å². The topological polar surface area (TPSA) is 160 Å². The molecule has 36 heavy (non-hydrogen) atoms. The number of rotatable bonds is 9. The first-order valence-electron chi connectivity index (χ1n) is 10.4. The number of hydrogen-bond acceptors (Lipinski definition) is 11. The first-order chi connectivity index (χ1) is 17.4. The van der Waals surface area contributed by atoms with Crippen molar-refractivity contribution >= 4 is 52.7 Å². The molecule has 0 aliphatic rings. The average molecular weight is 507 g/mol. The summed E-state index contributed by atoms with van der Waals surface area (Å²) in [6.07, 6.45) is 1.37. The van der Waals surface area contributed by atoms with E-state index in [1.807, 2.05) is 0 Å². The van der Waals surface area contributed by atoms with Crippen molar-refractivity contribution in [3.05, 3.63) is 87.4 Å². The summed E-state index contributed by atoms with van der Waals surface area (Å²) in [7, 11) is 1.58. The minimum absolute atomic E-state index is 0.00276. The zero-order chi connectivity index (χ0) is 25.5. The number of hydrogen-bond donors (Lipinski definition) is 4. The highest BCUT2D eigenvalue weighted by molar-refractivity contribution is 6.30. The monoisotopic (exact) mass is 506 g/mol. The second-order valence-corrected chi connectivity index (χ2v) is 7.60. The number of non-ortho nitro benzene ring substituents is 1. The third kappa shape index (κ3) is 6.33. The van der Waals surface area contributed by atoms with E-state index in [1.54, 1.807) is 43.5 Å². The number of aromatic hydroxyl groups is 1. The number of halogens is 1. The molecule has 0 fully saturated rings. The lowest BCUT2D eigenvalue weighted by molar-refractivity contribution is -0.384. The Morgan fingerprint density at radius 3 is 2.11 bits per heavy atom. The summed E-state index contributed by atoms with van der Waals surface area (Å²) < 4.78 is 5.17. The number of anilines is 5. The van der Waals surface area contributed by atoms with Gasteiger partial charge in [0.2, 0.25) is 17.8 Å². The van der Waals surface area contributed by atoms with Crippen LogP contribution in [0.5, 0.6) is 11.5 Å². The summed E-state index contributed by atoms with van der Waals surface area (Å²) in [5.74, 6) is 1.13. The minimum Gasteiger partial charge on any atom is -0.507 e. The highest BCUT2D eigenvalue weighted by Gasteiger charge is 2.10. The van der Waals surface area contributed by atoms with E-state index in [9.17, 15) is 15.2 Å². The molecule has 0 saturated heterocycles. The van der Waals surface area contributed by atoms with Crippen LogP contribution in [0.25, 0.3) is 0 Å². The minimum atomic E-state index is -0.485. The van der Waals surface area contributed by atoms with Crippen molar-refractivity contribution in [3.8, 4) is 11.5 Å². The van der Waals surface area contributed by atoms with Crippen LogP contribution in [0.3, 0.4) is 0 Å². The first-order valence-corrected chi connectivity index (χ1v) is 10.7. The number of nitro benzene ring substituents is 1. The van der Waals surface area contributed by atoms with Gasteiger partial charge in [-0.15, -0.1) is 0 Å². The van der Waals surface area contributed by atoms with E-state index in [2.05, 4.69) is 36.1 Å². The van der Waals surface area contributed by atoms with Crippen LogP contribution in [0.2, 0.25) is 5.02 Å². The number of ether oxygens (including phenoxy) is 1. The Morgan fingerprint density at radius 2 is 1.53 bits per heavy atom. The molecule has 0 spiro atoms. The zero-order valence-electron chi connectivity index (χ0n) is 18.7. The summed E-state index contributed by atoms with van der Waals surface area (Å²) in [6, 6.07) is 17.5. The van der Waals surface area contributed by atoms with Crippen LogP contribution in [0, 0.1) is 10.1 Å². The van der Waals surface area contributed by atoms with Crippen molar-refractivity contribution in [2.75, 3.05) is 23.2 Å². The van der Waals surface area contributed by atoms with E-state index in [0.717, 1.165) is 0 Å². The number of aromatic nitrogens is 3.